The lowest BCUT2D eigenvalue weighted by molar-refractivity contribution is -0.137. The van der Waals surface area contributed by atoms with Crippen molar-refractivity contribution in [2.75, 3.05) is 20.1 Å². The maximum absolute atomic E-state index is 10.5. The Morgan fingerprint density at radius 1 is 1.17 bits per heavy atom. The van der Waals surface area contributed by atoms with Gasteiger partial charge in [0.1, 0.15) is 0 Å². The second kappa shape index (κ2) is 8.99. The zero-order valence-corrected chi connectivity index (χ0v) is 13.4. The number of carboxylic acid groups (broad SMARTS) is 1. The van der Waals surface area contributed by atoms with E-state index in [1.54, 1.807) is 4.80 Å². The highest BCUT2D eigenvalue weighted by atomic mass is 16.4. The van der Waals surface area contributed by atoms with Gasteiger partial charge in [-0.3, -0.25) is 4.79 Å². The quantitative estimate of drug-likeness (QED) is 0.674. The van der Waals surface area contributed by atoms with Crippen LogP contribution in [0.4, 0.5) is 0 Å². The summed E-state index contributed by atoms with van der Waals surface area (Å²) in [6.45, 7) is 2.26. The lowest BCUT2D eigenvalue weighted by Gasteiger charge is -2.14. The number of unbranched alkanes of at least 4 members (excludes halogenated alkanes) is 2. The monoisotopic (exact) mass is 317 g/mol. The molecule has 2 aromatic rings. The molecule has 2 rings (SSSR count). The van der Waals surface area contributed by atoms with Crippen molar-refractivity contribution in [3.63, 3.8) is 0 Å². The summed E-state index contributed by atoms with van der Waals surface area (Å²) in [5.74, 6) is -0.0951. The Morgan fingerprint density at radius 2 is 1.96 bits per heavy atom. The highest BCUT2D eigenvalue weighted by Gasteiger charge is 2.05. The summed E-state index contributed by atoms with van der Waals surface area (Å²) in [5.41, 5.74) is 0.971. The van der Waals surface area contributed by atoms with Gasteiger partial charge in [0.25, 0.3) is 0 Å². The van der Waals surface area contributed by atoms with Gasteiger partial charge in [0.05, 0.1) is 13.0 Å². The third kappa shape index (κ3) is 6.15. The van der Waals surface area contributed by atoms with Crippen molar-refractivity contribution in [1.82, 2.24) is 25.1 Å². The Morgan fingerprint density at radius 3 is 2.70 bits per heavy atom. The van der Waals surface area contributed by atoms with Crippen LogP contribution >= 0.6 is 0 Å². The summed E-state index contributed by atoms with van der Waals surface area (Å²) < 4.78 is 0. The molecule has 7 nitrogen and oxygen atoms in total. The van der Waals surface area contributed by atoms with E-state index in [0.29, 0.717) is 12.4 Å². The fraction of sp³-hybridized carbons (Fsp3) is 0.500. The molecule has 124 valence electrons. The predicted octanol–water partition coefficient (Wildman–Crippen LogP) is 1.92. The van der Waals surface area contributed by atoms with E-state index in [9.17, 15) is 4.79 Å². The molecule has 0 fully saturated rings. The fourth-order valence-electron chi connectivity index (χ4n) is 2.25. The van der Waals surface area contributed by atoms with E-state index >= 15 is 0 Å². The molecule has 0 radical (unpaired) electrons. The standard InChI is InChI=1S/C16H23N5O2/c1-20(13-10-15(22)23)11-6-3-7-12-21-18-16(17-19-21)14-8-4-2-5-9-14/h2,4-5,8-9H,3,6-7,10-13H2,1H3,(H,22,23). The van der Waals surface area contributed by atoms with Crippen molar-refractivity contribution < 1.29 is 9.90 Å². The van der Waals surface area contributed by atoms with Gasteiger partial charge in [0.15, 0.2) is 0 Å². The molecule has 0 saturated carbocycles. The minimum atomic E-state index is -0.747. The van der Waals surface area contributed by atoms with Gasteiger partial charge in [0, 0.05) is 12.1 Å². The summed E-state index contributed by atoms with van der Waals surface area (Å²) in [5, 5.41) is 21.2. The Labute approximate surface area is 135 Å². The van der Waals surface area contributed by atoms with E-state index in [2.05, 4.69) is 20.3 Å². The van der Waals surface area contributed by atoms with Crippen molar-refractivity contribution >= 4 is 5.97 Å². The molecule has 0 bridgehead atoms. The van der Waals surface area contributed by atoms with Crippen LogP contribution in [0.3, 0.4) is 0 Å². The summed E-state index contributed by atoms with van der Waals surface area (Å²) in [6, 6.07) is 9.80. The largest absolute Gasteiger partial charge is 0.481 e. The second-order valence-corrected chi connectivity index (χ2v) is 5.58. The molecule has 0 spiro atoms. The maximum atomic E-state index is 10.5. The number of rotatable bonds is 10. The molecule has 1 N–H and O–H groups in total. The van der Waals surface area contributed by atoms with Crippen molar-refractivity contribution in [1.29, 1.82) is 0 Å². The molecule has 1 heterocycles. The number of aryl methyl sites for hydroxylation is 1. The maximum Gasteiger partial charge on any atom is 0.304 e. The van der Waals surface area contributed by atoms with Crippen LogP contribution in [-0.2, 0) is 11.3 Å². The number of hydrogen-bond donors (Lipinski definition) is 1. The van der Waals surface area contributed by atoms with Gasteiger partial charge in [-0.1, -0.05) is 36.8 Å². The van der Waals surface area contributed by atoms with Crippen LogP contribution in [0.5, 0.6) is 0 Å². The zero-order chi connectivity index (χ0) is 16.5. The first kappa shape index (κ1) is 17.1. The van der Waals surface area contributed by atoms with Gasteiger partial charge in [-0.2, -0.15) is 4.80 Å². The highest BCUT2D eigenvalue weighted by molar-refractivity contribution is 5.66. The lowest BCUT2D eigenvalue weighted by Crippen LogP contribution is -2.22. The van der Waals surface area contributed by atoms with Gasteiger partial charge in [-0.15, -0.1) is 10.2 Å². The average Bonchev–Trinajstić information content (AvgIpc) is 3.02. The minimum Gasteiger partial charge on any atom is -0.481 e. The van der Waals surface area contributed by atoms with E-state index in [1.807, 2.05) is 37.4 Å². The number of aliphatic carboxylic acids is 1. The summed E-state index contributed by atoms with van der Waals surface area (Å²) in [7, 11) is 1.95. The summed E-state index contributed by atoms with van der Waals surface area (Å²) >= 11 is 0. The topological polar surface area (TPSA) is 84.1 Å². The molecule has 0 amide bonds. The number of carboxylic acids is 1. The summed E-state index contributed by atoms with van der Waals surface area (Å²) in [4.78, 5) is 14.2. The molecule has 0 aliphatic rings. The Balaban J connectivity index is 1.64. The van der Waals surface area contributed by atoms with E-state index in [1.165, 1.54) is 0 Å². The number of benzene rings is 1. The predicted molar refractivity (Wildman–Crippen MR) is 86.9 cm³/mol. The van der Waals surface area contributed by atoms with Crippen LogP contribution in [0, 0.1) is 0 Å². The number of carbonyl (C=O) groups is 1. The SMILES string of the molecule is CN(CCCCCn1nnc(-c2ccccc2)n1)CCC(=O)O. The number of tetrazole rings is 1. The smallest absolute Gasteiger partial charge is 0.304 e. The zero-order valence-electron chi connectivity index (χ0n) is 13.4. The molecule has 0 atom stereocenters. The lowest BCUT2D eigenvalue weighted by atomic mass is 10.2. The van der Waals surface area contributed by atoms with Crippen LogP contribution < -0.4 is 0 Å². The van der Waals surface area contributed by atoms with Crippen molar-refractivity contribution in [3.8, 4) is 11.4 Å². The van der Waals surface area contributed by atoms with Gasteiger partial charge < -0.3 is 10.0 Å². The average molecular weight is 317 g/mol. The van der Waals surface area contributed by atoms with Gasteiger partial charge in [0.2, 0.25) is 5.82 Å². The first-order valence-corrected chi connectivity index (χ1v) is 7.89. The third-order valence-electron chi connectivity index (χ3n) is 3.59. The highest BCUT2D eigenvalue weighted by Crippen LogP contribution is 2.12. The van der Waals surface area contributed by atoms with E-state index in [-0.39, 0.29) is 6.42 Å². The molecule has 23 heavy (non-hydrogen) atoms. The van der Waals surface area contributed by atoms with Crippen LogP contribution in [-0.4, -0.2) is 56.3 Å². The van der Waals surface area contributed by atoms with Gasteiger partial charge >= 0.3 is 5.97 Å². The van der Waals surface area contributed by atoms with Crippen LogP contribution in [0.15, 0.2) is 30.3 Å². The van der Waals surface area contributed by atoms with E-state index < -0.39 is 5.97 Å². The van der Waals surface area contributed by atoms with Crippen molar-refractivity contribution in [2.45, 2.75) is 32.2 Å². The molecular formula is C16H23N5O2. The first-order chi connectivity index (χ1) is 11.1. The van der Waals surface area contributed by atoms with E-state index in [4.69, 9.17) is 5.11 Å². The number of nitrogens with zero attached hydrogens (tertiary/aromatic N) is 5. The third-order valence-corrected chi connectivity index (χ3v) is 3.59. The van der Waals surface area contributed by atoms with Crippen molar-refractivity contribution in [2.24, 2.45) is 0 Å². The Bertz CT molecular complexity index is 600. The van der Waals surface area contributed by atoms with Crippen molar-refractivity contribution in [3.05, 3.63) is 30.3 Å². The van der Waals surface area contributed by atoms with Gasteiger partial charge in [-0.05, 0) is 31.6 Å². The normalized spacial score (nSPS) is 11.0. The molecule has 7 heteroatoms. The first-order valence-electron chi connectivity index (χ1n) is 7.89. The Kier molecular flexibility index (Phi) is 6.68. The number of hydrogen-bond acceptors (Lipinski definition) is 5. The molecule has 0 aliphatic heterocycles. The number of aromatic nitrogens is 4. The summed E-state index contributed by atoms with van der Waals surface area (Å²) in [6.07, 6.45) is 3.27. The second-order valence-electron chi connectivity index (χ2n) is 5.58. The van der Waals surface area contributed by atoms with Crippen LogP contribution in [0.1, 0.15) is 25.7 Å². The molecule has 1 aromatic heterocycles. The van der Waals surface area contributed by atoms with Crippen LogP contribution in [0.2, 0.25) is 0 Å². The fourth-order valence-corrected chi connectivity index (χ4v) is 2.25. The molecule has 1 aromatic carbocycles. The molecule has 0 saturated heterocycles. The van der Waals surface area contributed by atoms with Crippen LogP contribution in [0.25, 0.3) is 11.4 Å². The molecular weight excluding hydrogens is 294 g/mol. The van der Waals surface area contributed by atoms with E-state index in [0.717, 1.165) is 37.9 Å². The Hall–Kier alpha value is -2.28. The van der Waals surface area contributed by atoms with Gasteiger partial charge in [-0.25, -0.2) is 0 Å². The molecule has 0 aliphatic carbocycles. The minimum absolute atomic E-state index is 0.196. The molecule has 0 unspecified atom stereocenters.